The molecule has 1 saturated heterocycles. The van der Waals surface area contributed by atoms with Gasteiger partial charge in [-0.25, -0.2) is 8.42 Å². The molecule has 1 amide bonds. The molecule has 2 heterocycles. The van der Waals surface area contributed by atoms with Crippen LogP contribution < -0.4 is 0 Å². The van der Waals surface area contributed by atoms with Gasteiger partial charge in [-0.15, -0.1) is 11.3 Å². The molecular formula is C16H25NO3S2. The summed E-state index contributed by atoms with van der Waals surface area (Å²) in [6, 6.07) is 1.84. The molecule has 4 nitrogen and oxygen atoms in total. The van der Waals surface area contributed by atoms with Crippen LogP contribution >= 0.6 is 11.3 Å². The van der Waals surface area contributed by atoms with Gasteiger partial charge in [0.25, 0.3) is 5.91 Å². The van der Waals surface area contributed by atoms with Gasteiger partial charge in [-0.05, 0) is 37.8 Å². The van der Waals surface area contributed by atoms with Crippen LogP contribution in [0, 0.1) is 0 Å². The fraction of sp³-hybridized carbons (Fsp3) is 0.688. The SMILES string of the molecule is CCCc1sc(C(=O)N(CC)[C@H]2CCS(=O)(=O)C2)cc1CC. The van der Waals surface area contributed by atoms with Crippen molar-refractivity contribution in [1.29, 1.82) is 0 Å². The number of sulfone groups is 1. The van der Waals surface area contributed by atoms with E-state index < -0.39 is 9.84 Å². The minimum absolute atomic E-state index is 0.00773. The highest BCUT2D eigenvalue weighted by atomic mass is 32.2. The van der Waals surface area contributed by atoms with Crippen molar-refractivity contribution in [2.75, 3.05) is 18.1 Å². The molecule has 0 bridgehead atoms. The lowest BCUT2D eigenvalue weighted by atomic mass is 10.1. The molecule has 0 spiro atoms. The molecule has 1 aromatic heterocycles. The Morgan fingerprint density at radius 1 is 1.36 bits per heavy atom. The largest absolute Gasteiger partial charge is 0.334 e. The van der Waals surface area contributed by atoms with Gasteiger partial charge in [0, 0.05) is 17.5 Å². The van der Waals surface area contributed by atoms with E-state index in [0.29, 0.717) is 13.0 Å². The molecule has 0 unspecified atom stereocenters. The Labute approximate surface area is 137 Å². The number of carbonyl (C=O) groups is 1. The molecule has 1 aromatic rings. The molecule has 1 aliphatic rings. The van der Waals surface area contributed by atoms with Crippen LogP contribution in [0.1, 0.15) is 53.7 Å². The predicted octanol–water partition coefficient (Wildman–Crippen LogP) is 2.91. The normalized spacial score (nSPS) is 20.2. The summed E-state index contributed by atoms with van der Waals surface area (Å²) in [5, 5.41) is 0. The second-order valence-electron chi connectivity index (χ2n) is 5.81. The first kappa shape index (κ1) is 17.5. The summed E-state index contributed by atoms with van der Waals surface area (Å²) in [5.74, 6) is 0.305. The van der Waals surface area contributed by atoms with Gasteiger partial charge in [0.1, 0.15) is 0 Å². The van der Waals surface area contributed by atoms with Crippen molar-refractivity contribution in [3.05, 3.63) is 21.4 Å². The van der Waals surface area contributed by atoms with Crippen molar-refractivity contribution < 1.29 is 13.2 Å². The minimum Gasteiger partial charge on any atom is -0.334 e. The molecule has 2 rings (SSSR count). The first-order valence-corrected chi connectivity index (χ1v) is 10.7. The highest BCUT2D eigenvalue weighted by Crippen LogP contribution is 2.27. The Morgan fingerprint density at radius 3 is 2.59 bits per heavy atom. The van der Waals surface area contributed by atoms with Crippen LogP contribution in [0.5, 0.6) is 0 Å². The Kier molecular flexibility index (Phi) is 5.66. The van der Waals surface area contributed by atoms with Gasteiger partial charge in [0.15, 0.2) is 9.84 Å². The molecule has 6 heteroatoms. The lowest BCUT2D eigenvalue weighted by Gasteiger charge is -2.26. The predicted molar refractivity (Wildman–Crippen MR) is 91.5 cm³/mol. The second kappa shape index (κ2) is 7.13. The van der Waals surface area contributed by atoms with Crippen LogP contribution in [0.25, 0.3) is 0 Å². The molecule has 0 saturated carbocycles. The fourth-order valence-electron chi connectivity index (χ4n) is 3.04. The Bertz CT molecular complexity index is 634. The average molecular weight is 344 g/mol. The Balaban J connectivity index is 2.22. The van der Waals surface area contributed by atoms with Crippen LogP contribution in [-0.2, 0) is 22.7 Å². The molecule has 1 fully saturated rings. The van der Waals surface area contributed by atoms with Crippen molar-refractivity contribution in [1.82, 2.24) is 4.90 Å². The highest BCUT2D eigenvalue weighted by Gasteiger charge is 2.34. The van der Waals surface area contributed by atoms with Crippen molar-refractivity contribution >= 4 is 27.1 Å². The standard InChI is InChI=1S/C16H25NO3S2/c1-4-7-14-12(5-2)10-15(21-14)16(18)17(6-3)13-8-9-22(19,20)11-13/h10,13H,4-9,11H2,1-3H3/t13-/m0/s1. The zero-order valence-electron chi connectivity index (χ0n) is 13.6. The number of rotatable bonds is 6. The van der Waals surface area contributed by atoms with Gasteiger partial charge < -0.3 is 4.90 Å². The number of hydrogen-bond donors (Lipinski definition) is 0. The molecule has 0 radical (unpaired) electrons. The number of carbonyl (C=O) groups excluding carboxylic acids is 1. The van der Waals surface area contributed by atoms with E-state index in [2.05, 4.69) is 13.8 Å². The van der Waals surface area contributed by atoms with Crippen molar-refractivity contribution in [2.45, 2.75) is 52.5 Å². The maximum atomic E-state index is 12.8. The summed E-state index contributed by atoms with van der Waals surface area (Å²) < 4.78 is 23.3. The Morgan fingerprint density at radius 2 is 2.09 bits per heavy atom. The Hall–Kier alpha value is -0.880. The van der Waals surface area contributed by atoms with Crippen LogP contribution in [0.2, 0.25) is 0 Å². The van der Waals surface area contributed by atoms with E-state index in [1.165, 1.54) is 10.4 Å². The topological polar surface area (TPSA) is 54.5 Å². The van der Waals surface area contributed by atoms with Gasteiger partial charge in [0.2, 0.25) is 0 Å². The average Bonchev–Trinajstić information content (AvgIpc) is 3.03. The van der Waals surface area contributed by atoms with E-state index in [1.807, 2.05) is 13.0 Å². The summed E-state index contributed by atoms with van der Waals surface area (Å²) in [6.07, 6.45) is 3.57. The van der Waals surface area contributed by atoms with E-state index in [-0.39, 0.29) is 23.5 Å². The van der Waals surface area contributed by atoms with Crippen molar-refractivity contribution in [2.24, 2.45) is 0 Å². The zero-order chi connectivity index (χ0) is 16.3. The molecule has 1 aliphatic heterocycles. The van der Waals surface area contributed by atoms with Crippen molar-refractivity contribution in [3.63, 3.8) is 0 Å². The van der Waals surface area contributed by atoms with E-state index in [1.54, 1.807) is 16.2 Å². The van der Waals surface area contributed by atoms with Gasteiger partial charge in [-0.2, -0.15) is 0 Å². The first-order chi connectivity index (χ1) is 10.4. The summed E-state index contributed by atoms with van der Waals surface area (Å²) in [5.41, 5.74) is 1.25. The van der Waals surface area contributed by atoms with E-state index in [4.69, 9.17) is 0 Å². The smallest absolute Gasteiger partial charge is 0.264 e. The van der Waals surface area contributed by atoms with E-state index >= 15 is 0 Å². The summed E-state index contributed by atoms with van der Waals surface area (Å²) >= 11 is 1.58. The lowest BCUT2D eigenvalue weighted by Crippen LogP contribution is -2.40. The zero-order valence-corrected chi connectivity index (χ0v) is 15.2. The minimum atomic E-state index is -2.97. The van der Waals surface area contributed by atoms with Crippen molar-refractivity contribution in [3.8, 4) is 0 Å². The number of aryl methyl sites for hydroxylation is 2. The van der Waals surface area contributed by atoms with E-state index in [0.717, 1.165) is 24.1 Å². The molecule has 0 N–H and O–H groups in total. The van der Waals surface area contributed by atoms with Gasteiger partial charge >= 0.3 is 0 Å². The quantitative estimate of drug-likeness (QED) is 0.798. The third-order valence-electron chi connectivity index (χ3n) is 4.22. The van der Waals surface area contributed by atoms with Crippen LogP contribution in [-0.4, -0.2) is 43.3 Å². The highest BCUT2D eigenvalue weighted by molar-refractivity contribution is 7.91. The summed E-state index contributed by atoms with van der Waals surface area (Å²) in [4.78, 5) is 16.6. The fourth-order valence-corrected chi connectivity index (χ4v) is 6.08. The molecule has 0 aliphatic carbocycles. The third kappa shape index (κ3) is 3.71. The maximum Gasteiger partial charge on any atom is 0.264 e. The summed E-state index contributed by atoms with van der Waals surface area (Å²) in [6.45, 7) is 6.73. The molecular weight excluding hydrogens is 318 g/mol. The lowest BCUT2D eigenvalue weighted by molar-refractivity contribution is 0.0713. The van der Waals surface area contributed by atoms with Gasteiger partial charge in [-0.3, -0.25) is 4.79 Å². The first-order valence-electron chi connectivity index (χ1n) is 8.04. The number of nitrogens with zero attached hydrogens (tertiary/aromatic N) is 1. The second-order valence-corrected chi connectivity index (χ2v) is 9.18. The molecule has 0 aromatic carbocycles. The van der Waals surface area contributed by atoms with Crippen LogP contribution in [0.15, 0.2) is 6.07 Å². The van der Waals surface area contributed by atoms with E-state index in [9.17, 15) is 13.2 Å². The van der Waals surface area contributed by atoms with Crippen LogP contribution in [0.3, 0.4) is 0 Å². The molecule has 124 valence electrons. The monoisotopic (exact) mass is 343 g/mol. The van der Waals surface area contributed by atoms with Gasteiger partial charge in [-0.1, -0.05) is 20.3 Å². The number of hydrogen-bond acceptors (Lipinski definition) is 4. The van der Waals surface area contributed by atoms with Gasteiger partial charge in [0.05, 0.1) is 16.4 Å². The summed E-state index contributed by atoms with van der Waals surface area (Å²) in [7, 11) is -2.97. The third-order valence-corrected chi connectivity index (χ3v) is 7.19. The van der Waals surface area contributed by atoms with Crippen LogP contribution in [0.4, 0.5) is 0 Å². The number of amides is 1. The maximum absolute atomic E-state index is 12.8. The molecule has 1 atom stereocenters. The number of thiophene rings is 1. The molecule has 22 heavy (non-hydrogen) atoms.